The predicted molar refractivity (Wildman–Crippen MR) is 528 cm³/mol. The monoisotopic (exact) mass is 1870 g/mol. The van der Waals surface area contributed by atoms with Gasteiger partial charge in [-0.2, -0.15) is 0 Å². The fourth-order valence-corrected chi connectivity index (χ4v) is 36.1. The van der Waals surface area contributed by atoms with Crippen molar-refractivity contribution in [1.82, 2.24) is 0 Å². The first kappa shape index (κ1) is 107. The number of rotatable bonds is 24. The maximum atomic E-state index is 12.7. The minimum Gasteiger partial charge on any atom is -0.481 e. The Bertz CT molecular complexity index is 3680. The quantitative estimate of drug-likeness (QED) is 0.0674. The van der Waals surface area contributed by atoms with Crippen molar-refractivity contribution in [3.63, 3.8) is 0 Å². The second kappa shape index (κ2) is 46.0. The van der Waals surface area contributed by atoms with E-state index >= 15 is 0 Å². The Morgan fingerprint density at radius 2 is 0.627 bits per heavy atom. The zero-order chi connectivity index (χ0) is 97.2. The first-order valence-corrected chi connectivity index (χ1v) is 57.3. The van der Waals surface area contributed by atoms with E-state index in [9.17, 15) is 48.6 Å². The van der Waals surface area contributed by atoms with Crippen LogP contribution in [0, 0.1) is 243 Å². The van der Waals surface area contributed by atoms with E-state index in [-0.39, 0.29) is 112 Å². The number of fused-ring (bicyclic) bond motifs is 23. The normalized spacial score (nSPS) is 44.6. The number of ether oxygens (including phenoxy) is 7. The van der Waals surface area contributed by atoms with Crippen molar-refractivity contribution >= 4 is 47.8 Å². The largest absolute Gasteiger partial charge is 0.481 e. The zero-order valence-corrected chi connectivity index (χ0v) is 88.6. The van der Waals surface area contributed by atoms with Gasteiger partial charge in [0.05, 0.1) is 79.4 Å². The average Bonchev–Trinajstić information content (AvgIpc) is 1.57. The molecule has 20 fully saturated rings. The maximum absolute atomic E-state index is 12.7. The lowest BCUT2D eigenvalue weighted by Gasteiger charge is -2.36. The van der Waals surface area contributed by atoms with Gasteiger partial charge < -0.3 is 43.4 Å². The van der Waals surface area contributed by atoms with Crippen molar-refractivity contribution in [3.8, 4) is 0 Å². The summed E-state index contributed by atoms with van der Waals surface area (Å²) in [7, 11) is 0. The lowest BCUT2D eigenvalue weighted by Crippen LogP contribution is -2.38. The predicted octanol–water partition coefficient (Wildman–Crippen LogP) is 26.7. The standard InChI is InChI=1S/C20H34O2.C19H32O2.C16H28O2.2C15H24O2.2C11H18O2.C10H16O3/c1-6-12-9-13(7-2)18-15-10-14(17(12)18)11-16(15)19(21)22-20(4,5)8-3;1-6-11-8-12(7-2)17-14-9-13(16(11)17)10-15(14)18(20)21-19(3,4)5;1-4-12-10-13(5-2)14(11-12)15(17)18-16(3)8-6-7-9-16;2*1-3-8-5-9(4-2)14-11-6-10(13(8)14)7-12(11)15(16)17;2*1-3-7-5-8(4-2)10-9(7)6-13-11(10)12;1-3-7-6-5-12-10(11)9(6)8(4-2)13-7/h12-18H,6-11H2,1-5H3;11-17H,6-10H2,1-5H3;12-14H,4-11H2,1-3H3;2*8-14H,3-7H2,1-2H3,(H,16,17);2*7-10H,3-6H2,1-2H3;6-9H,3-5H2,1-2H3. The van der Waals surface area contributed by atoms with Crippen molar-refractivity contribution in [2.24, 2.45) is 243 Å². The number of hydrogen-bond acceptors (Lipinski definition) is 15. The average molecular weight is 1870 g/mol. The van der Waals surface area contributed by atoms with Gasteiger partial charge in [-0.15, -0.1) is 0 Å². The van der Waals surface area contributed by atoms with Crippen LogP contribution < -0.4 is 0 Å². The van der Waals surface area contributed by atoms with Gasteiger partial charge in [0.25, 0.3) is 0 Å². The van der Waals surface area contributed by atoms with Gasteiger partial charge in [0.15, 0.2) is 0 Å². The molecule has 17 nitrogen and oxygen atoms in total. The van der Waals surface area contributed by atoms with Gasteiger partial charge in [-0.25, -0.2) is 0 Å². The van der Waals surface area contributed by atoms with Crippen molar-refractivity contribution < 1.29 is 81.7 Å². The molecule has 0 radical (unpaired) electrons. The summed E-state index contributed by atoms with van der Waals surface area (Å²) in [5.74, 6) is 24.9. The van der Waals surface area contributed by atoms with Crippen molar-refractivity contribution in [2.75, 3.05) is 19.8 Å². The van der Waals surface area contributed by atoms with Crippen LogP contribution in [-0.2, 0) is 71.5 Å². The van der Waals surface area contributed by atoms with Crippen LogP contribution in [0.1, 0.15) is 397 Å². The van der Waals surface area contributed by atoms with E-state index in [1.807, 2.05) is 34.6 Å². The summed E-state index contributed by atoms with van der Waals surface area (Å²) in [6.45, 7) is 52.3. The Hall–Kier alpha value is -4.28. The molecule has 0 amide bonds. The van der Waals surface area contributed by atoms with Gasteiger partial charge in [-0.1, -0.05) is 208 Å². The minimum atomic E-state index is -0.522. The molecule has 43 unspecified atom stereocenters. The first-order chi connectivity index (χ1) is 64.0. The molecular formula is C117H194O17. The van der Waals surface area contributed by atoms with Gasteiger partial charge in [0, 0.05) is 17.8 Å². The fraction of sp³-hybridized carbons (Fsp3) is 0.932. The smallest absolute Gasteiger partial charge is 0.312 e. The van der Waals surface area contributed by atoms with E-state index in [0.29, 0.717) is 79.0 Å². The Morgan fingerprint density at radius 1 is 0.313 bits per heavy atom. The van der Waals surface area contributed by atoms with E-state index in [1.54, 1.807) is 0 Å². The molecule has 2 N–H and O–H groups in total. The number of aliphatic carboxylic acids is 2. The number of hydrogen-bond donors (Lipinski definition) is 2. The summed E-state index contributed by atoms with van der Waals surface area (Å²) < 4.78 is 38.6. The van der Waals surface area contributed by atoms with E-state index in [2.05, 4.69) is 125 Å². The number of carboxylic acid groups (broad SMARTS) is 2. The minimum absolute atomic E-state index is 0.00842. The Balaban J connectivity index is 0.000000131. The molecule has 16 aliphatic carbocycles. The van der Waals surface area contributed by atoms with Crippen LogP contribution in [0.3, 0.4) is 0 Å². The van der Waals surface area contributed by atoms with Gasteiger partial charge >= 0.3 is 47.8 Å². The maximum Gasteiger partial charge on any atom is 0.312 e. The number of esters is 6. The van der Waals surface area contributed by atoms with Crippen LogP contribution in [0.2, 0.25) is 0 Å². The zero-order valence-electron chi connectivity index (χ0n) is 88.6. The molecule has 764 valence electrons. The number of carbonyl (C=O) groups excluding carboxylic acids is 6. The molecule has 4 heterocycles. The molecule has 4 saturated heterocycles. The molecule has 20 aliphatic rings. The second-order valence-electron chi connectivity index (χ2n) is 49.9. The highest BCUT2D eigenvalue weighted by atomic mass is 16.6. The summed E-state index contributed by atoms with van der Waals surface area (Å²) in [4.78, 5) is 94.7. The van der Waals surface area contributed by atoms with Crippen LogP contribution in [0.4, 0.5) is 0 Å². The molecule has 0 spiro atoms. The molecule has 0 aromatic carbocycles. The van der Waals surface area contributed by atoms with Crippen LogP contribution >= 0.6 is 0 Å². The number of cyclic esters (lactones) is 3. The first-order valence-electron chi connectivity index (χ1n) is 57.3. The van der Waals surface area contributed by atoms with Gasteiger partial charge in [0.2, 0.25) is 0 Å². The Kier molecular flexibility index (Phi) is 36.7. The lowest BCUT2D eigenvalue weighted by atomic mass is 9.70. The molecule has 20 rings (SSSR count). The third kappa shape index (κ3) is 21.9. The third-order valence-corrected chi connectivity index (χ3v) is 42.6. The van der Waals surface area contributed by atoms with E-state index < -0.39 is 11.9 Å². The molecule has 17 heteroatoms. The van der Waals surface area contributed by atoms with E-state index in [1.165, 1.54) is 154 Å². The van der Waals surface area contributed by atoms with Crippen LogP contribution in [-0.4, -0.2) is 107 Å². The summed E-state index contributed by atoms with van der Waals surface area (Å²) in [5, 5.41) is 18.7. The number of carbonyl (C=O) groups is 8. The van der Waals surface area contributed by atoms with Crippen molar-refractivity contribution in [2.45, 2.75) is 426 Å². The topological polar surface area (TPSA) is 242 Å². The molecule has 134 heavy (non-hydrogen) atoms. The SMILES string of the molecule is CCC1CC(CC)C(C(=O)OC2(C)CCCC2)C1.CCC1CC(CC)C2C(=O)OCC12.CCC1CC(CC)C2C(=O)OCC12.CCC1CC(CC)C2C3CC(CC3C(=O)O)C12.CCC1CC(CC)C2C3CC(CC3C(=O)O)C12.CCC1CC(CC)C2C3CC(CC3C(=O)OC(C)(C)C)C12.CCC1CC(CC)C2C3CC(CC3C(=O)OC(C)(C)CC)C12.CCC1OC(CC)C2C(=O)OCC12. The molecule has 8 bridgehead atoms. The molecule has 0 aromatic heterocycles. The third-order valence-electron chi connectivity index (χ3n) is 42.6. The van der Waals surface area contributed by atoms with Gasteiger partial charge in [-0.3, -0.25) is 38.4 Å². The van der Waals surface area contributed by atoms with Gasteiger partial charge in [0.1, 0.15) is 16.8 Å². The highest BCUT2D eigenvalue weighted by Crippen LogP contribution is 2.70. The van der Waals surface area contributed by atoms with Crippen LogP contribution in [0.5, 0.6) is 0 Å². The Labute approximate surface area is 813 Å². The van der Waals surface area contributed by atoms with E-state index in [4.69, 9.17) is 33.2 Å². The highest BCUT2D eigenvalue weighted by Gasteiger charge is 2.67. The van der Waals surface area contributed by atoms with Crippen molar-refractivity contribution in [3.05, 3.63) is 0 Å². The number of carboxylic acids is 2. The van der Waals surface area contributed by atoms with E-state index in [0.717, 1.165) is 220 Å². The van der Waals surface area contributed by atoms with Crippen molar-refractivity contribution in [1.29, 1.82) is 0 Å². The van der Waals surface area contributed by atoms with Crippen LogP contribution in [0.15, 0.2) is 0 Å². The summed E-state index contributed by atoms with van der Waals surface area (Å²) in [6.07, 6.45) is 44.6. The summed E-state index contributed by atoms with van der Waals surface area (Å²) in [5.41, 5.74) is -0.798. The lowest BCUT2D eigenvalue weighted by molar-refractivity contribution is -0.166. The molecule has 4 aliphatic heterocycles. The molecule has 43 atom stereocenters. The second-order valence-corrected chi connectivity index (χ2v) is 49.9. The van der Waals surface area contributed by atoms with Crippen LogP contribution in [0.25, 0.3) is 0 Å². The Morgan fingerprint density at radius 3 is 0.948 bits per heavy atom. The summed E-state index contributed by atoms with van der Waals surface area (Å²) >= 11 is 0. The summed E-state index contributed by atoms with van der Waals surface area (Å²) in [6, 6.07) is 0. The molecular weight excluding hydrogens is 1680 g/mol. The molecule has 0 aromatic rings. The fourth-order valence-electron chi connectivity index (χ4n) is 36.1. The highest BCUT2D eigenvalue weighted by molar-refractivity contribution is 5.78. The molecule has 16 saturated carbocycles. The van der Waals surface area contributed by atoms with Gasteiger partial charge in [-0.05, 0) is 367 Å².